The molecule has 1 N–H and O–H groups in total. The molecule has 2 aromatic rings. The first-order chi connectivity index (χ1) is 14.0. The number of hydrogen-bond acceptors (Lipinski definition) is 3. The van der Waals surface area contributed by atoms with Crippen molar-refractivity contribution in [2.75, 3.05) is 18.0 Å². The fourth-order valence-electron chi connectivity index (χ4n) is 4.74. The van der Waals surface area contributed by atoms with Crippen LogP contribution in [0.15, 0.2) is 42.5 Å². The Morgan fingerprint density at radius 3 is 2.69 bits per heavy atom. The third-order valence-electron chi connectivity index (χ3n) is 6.43. The number of carbonyl (C=O) groups excluding carboxylic acids is 3. The predicted octanol–water partition coefficient (Wildman–Crippen LogP) is 2.53. The summed E-state index contributed by atoms with van der Waals surface area (Å²) < 4.78 is 0. The predicted molar refractivity (Wildman–Crippen MR) is 109 cm³/mol. The molecule has 1 atom stereocenters. The van der Waals surface area contributed by atoms with E-state index in [4.69, 9.17) is 0 Å². The molecule has 1 saturated heterocycles. The Morgan fingerprint density at radius 1 is 1.03 bits per heavy atom. The molecule has 3 aliphatic rings. The number of carbonyl (C=O) groups is 3. The lowest BCUT2D eigenvalue weighted by molar-refractivity contribution is -0.134. The minimum atomic E-state index is -1.14. The van der Waals surface area contributed by atoms with Crippen LogP contribution in [-0.2, 0) is 34.4 Å². The van der Waals surface area contributed by atoms with Gasteiger partial charge in [0, 0.05) is 12.2 Å². The number of imide groups is 1. The summed E-state index contributed by atoms with van der Waals surface area (Å²) in [4.78, 5) is 41.5. The third-order valence-corrected chi connectivity index (χ3v) is 6.43. The molecule has 0 spiro atoms. The van der Waals surface area contributed by atoms with E-state index < -0.39 is 11.6 Å². The SMILES string of the molecule is C[C@@]1(c2ccc3c(c2)CCC3)NC(=O)N(CC(=O)N2CCc3ccccc32)C1=O. The molecule has 2 heterocycles. The second-order valence-corrected chi connectivity index (χ2v) is 8.21. The van der Waals surface area contributed by atoms with E-state index >= 15 is 0 Å². The van der Waals surface area contributed by atoms with E-state index in [2.05, 4.69) is 11.4 Å². The zero-order valence-electron chi connectivity index (χ0n) is 16.4. The fourth-order valence-corrected chi connectivity index (χ4v) is 4.74. The summed E-state index contributed by atoms with van der Waals surface area (Å²) in [6.45, 7) is 2.04. The molecule has 1 aliphatic carbocycles. The quantitative estimate of drug-likeness (QED) is 0.820. The van der Waals surface area contributed by atoms with E-state index in [9.17, 15) is 14.4 Å². The zero-order chi connectivity index (χ0) is 20.2. The van der Waals surface area contributed by atoms with Crippen molar-refractivity contribution in [3.05, 3.63) is 64.7 Å². The van der Waals surface area contributed by atoms with Crippen LogP contribution in [0.3, 0.4) is 0 Å². The van der Waals surface area contributed by atoms with E-state index in [0.717, 1.165) is 47.4 Å². The minimum absolute atomic E-state index is 0.239. The van der Waals surface area contributed by atoms with Crippen LogP contribution in [0.1, 0.15) is 35.6 Å². The Kier molecular flexibility index (Phi) is 3.98. The maximum atomic E-state index is 13.2. The summed E-state index contributed by atoms with van der Waals surface area (Å²) in [5.41, 5.74) is 4.17. The van der Waals surface area contributed by atoms with Gasteiger partial charge in [-0.25, -0.2) is 4.79 Å². The molecule has 0 radical (unpaired) electrons. The highest BCUT2D eigenvalue weighted by Gasteiger charge is 2.50. The van der Waals surface area contributed by atoms with Crippen molar-refractivity contribution in [1.29, 1.82) is 0 Å². The summed E-state index contributed by atoms with van der Waals surface area (Å²) >= 11 is 0. The summed E-state index contributed by atoms with van der Waals surface area (Å²) in [6.07, 6.45) is 3.96. The van der Waals surface area contributed by atoms with Gasteiger partial charge in [0.2, 0.25) is 5.91 Å². The van der Waals surface area contributed by atoms with Crippen molar-refractivity contribution in [2.45, 2.75) is 38.1 Å². The van der Waals surface area contributed by atoms with E-state index in [0.29, 0.717) is 6.54 Å². The average molecular weight is 389 g/mol. The number of hydrogen-bond donors (Lipinski definition) is 1. The van der Waals surface area contributed by atoms with Gasteiger partial charge in [0.05, 0.1) is 0 Å². The van der Waals surface area contributed by atoms with Crippen LogP contribution in [-0.4, -0.2) is 35.8 Å². The fraction of sp³-hybridized carbons (Fsp3) is 0.348. The molecule has 29 heavy (non-hydrogen) atoms. The van der Waals surface area contributed by atoms with Crippen molar-refractivity contribution in [3.8, 4) is 0 Å². The average Bonchev–Trinajstić information content (AvgIpc) is 3.41. The molecule has 2 aromatic carbocycles. The van der Waals surface area contributed by atoms with Crippen LogP contribution in [0.4, 0.5) is 10.5 Å². The number of aryl methyl sites for hydroxylation is 2. The van der Waals surface area contributed by atoms with E-state index in [1.165, 1.54) is 11.1 Å². The van der Waals surface area contributed by atoms with Crippen LogP contribution in [0.25, 0.3) is 0 Å². The lowest BCUT2D eigenvalue weighted by Crippen LogP contribution is -2.44. The van der Waals surface area contributed by atoms with Gasteiger partial charge in [0.15, 0.2) is 0 Å². The molecule has 0 aromatic heterocycles. The number of benzene rings is 2. The highest BCUT2D eigenvalue weighted by atomic mass is 16.2. The first kappa shape index (κ1) is 17.9. The number of fused-ring (bicyclic) bond motifs is 2. The van der Waals surface area contributed by atoms with Crippen molar-refractivity contribution in [1.82, 2.24) is 10.2 Å². The number of urea groups is 1. The van der Waals surface area contributed by atoms with Crippen LogP contribution >= 0.6 is 0 Å². The Bertz CT molecular complexity index is 1050. The highest BCUT2D eigenvalue weighted by Crippen LogP contribution is 2.33. The number of para-hydroxylation sites is 1. The highest BCUT2D eigenvalue weighted by molar-refractivity contribution is 6.10. The normalized spacial score (nSPS) is 22.7. The number of anilines is 1. The maximum Gasteiger partial charge on any atom is 0.325 e. The van der Waals surface area contributed by atoms with Gasteiger partial charge in [-0.1, -0.05) is 36.4 Å². The van der Waals surface area contributed by atoms with E-state index in [-0.39, 0.29) is 18.4 Å². The van der Waals surface area contributed by atoms with Gasteiger partial charge in [-0.05, 0) is 60.9 Å². The molecular formula is C23H23N3O3. The molecule has 2 aliphatic heterocycles. The van der Waals surface area contributed by atoms with Gasteiger partial charge in [-0.2, -0.15) is 0 Å². The summed E-state index contributed by atoms with van der Waals surface area (Å²) in [7, 11) is 0. The number of nitrogens with zero attached hydrogens (tertiary/aromatic N) is 2. The summed E-state index contributed by atoms with van der Waals surface area (Å²) in [5.74, 6) is -0.613. The van der Waals surface area contributed by atoms with Gasteiger partial charge in [-0.15, -0.1) is 0 Å². The van der Waals surface area contributed by atoms with Gasteiger partial charge >= 0.3 is 6.03 Å². The molecule has 148 valence electrons. The second kappa shape index (κ2) is 6.44. The molecule has 6 heteroatoms. The molecule has 0 bridgehead atoms. The minimum Gasteiger partial charge on any atom is -0.319 e. The molecular weight excluding hydrogens is 366 g/mol. The monoisotopic (exact) mass is 389 g/mol. The summed E-state index contributed by atoms with van der Waals surface area (Å²) in [6, 6.07) is 13.2. The van der Waals surface area contributed by atoms with Crippen molar-refractivity contribution < 1.29 is 14.4 Å². The largest absolute Gasteiger partial charge is 0.325 e. The van der Waals surface area contributed by atoms with Crippen LogP contribution < -0.4 is 10.2 Å². The number of amides is 4. The van der Waals surface area contributed by atoms with Crippen molar-refractivity contribution in [3.63, 3.8) is 0 Å². The zero-order valence-corrected chi connectivity index (χ0v) is 16.4. The van der Waals surface area contributed by atoms with E-state index in [1.54, 1.807) is 11.8 Å². The molecule has 5 rings (SSSR count). The summed E-state index contributed by atoms with van der Waals surface area (Å²) in [5, 5.41) is 2.82. The van der Waals surface area contributed by atoms with Crippen molar-refractivity contribution >= 4 is 23.5 Å². The first-order valence-electron chi connectivity index (χ1n) is 10.1. The van der Waals surface area contributed by atoms with Gasteiger partial charge < -0.3 is 10.2 Å². The number of rotatable bonds is 3. The molecule has 6 nitrogen and oxygen atoms in total. The molecule has 0 saturated carbocycles. The lowest BCUT2D eigenvalue weighted by Gasteiger charge is -2.24. The molecule has 4 amide bonds. The molecule has 1 fully saturated rings. The Morgan fingerprint density at radius 2 is 1.83 bits per heavy atom. The lowest BCUT2D eigenvalue weighted by atomic mass is 9.89. The molecule has 0 unspecified atom stereocenters. The van der Waals surface area contributed by atoms with Gasteiger partial charge in [0.25, 0.3) is 5.91 Å². The first-order valence-corrected chi connectivity index (χ1v) is 10.1. The standard InChI is InChI=1S/C23H23N3O3/c1-23(18-10-9-15-6-4-7-17(15)13-18)21(28)26(22(29)24-23)14-20(27)25-12-11-16-5-2-3-8-19(16)25/h2-3,5,8-10,13H,4,6-7,11-12,14H2,1H3,(H,24,29)/t23-/m0/s1. The topological polar surface area (TPSA) is 69.7 Å². The Labute approximate surface area is 169 Å². The van der Waals surface area contributed by atoms with E-state index in [1.807, 2.05) is 36.4 Å². The van der Waals surface area contributed by atoms with Crippen LogP contribution in [0, 0.1) is 0 Å². The van der Waals surface area contributed by atoms with Gasteiger partial charge in [0.1, 0.15) is 12.1 Å². The van der Waals surface area contributed by atoms with Crippen LogP contribution in [0.5, 0.6) is 0 Å². The van der Waals surface area contributed by atoms with Crippen LogP contribution in [0.2, 0.25) is 0 Å². The Hall–Kier alpha value is -3.15. The number of nitrogens with one attached hydrogen (secondary N) is 1. The Balaban J connectivity index is 1.38. The van der Waals surface area contributed by atoms with Crippen molar-refractivity contribution in [2.24, 2.45) is 0 Å². The second-order valence-electron chi connectivity index (χ2n) is 8.21. The maximum absolute atomic E-state index is 13.2. The third kappa shape index (κ3) is 2.74. The smallest absolute Gasteiger partial charge is 0.319 e. The van der Waals surface area contributed by atoms with Gasteiger partial charge in [-0.3, -0.25) is 14.5 Å².